The predicted octanol–water partition coefficient (Wildman–Crippen LogP) is 5.73. The van der Waals surface area contributed by atoms with Gasteiger partial charge in [-0.25, -0.2) is 0 Å². The Morgan fingerprint density at radius 2 is 1.82 bits per heavy atom. The summed E-state index contributed by atoms with van der Waals surface area (Å²) in [7, 11) is 1.68. The number of rotatable bonds is 6. The van der Waals surface area contributed by atoms with E-state index in [0.717, 1.165) is 12.2 Å². The number of Topliss-reactive ketones (excluding diaryl/α,β-unsaturated/α-hetero) is 1. The van der Waals surface area contributed by atoms with Gasteiger partial charge in [0.05, 0.1) is 7.11 Å². The molecule has 3 heteroatoms. The fourth-order valence-electron chi connectivity index (χ4n) is 1.48. The molecule has 0 N–H and O–H groups in total. The van der Waals surface area contributed by atoms with Crippen LogP contribution in [0.15, 0.2) is 24.3 Å². The van der Waals surface area contributed by atoms with Crippen LogP contribution in [0.2, 0.25) is 0 Å². The van der Waals surface area contributed by atoms with Crippen molar-refractivity contribution in [1.82, 2.24) is 0 Å². The average molecular weight is 327 g/mol. The summed E-state index contributed by atoms with van der Waals surface area (Å²) in [6, 6.07) is 7.96. The molecule has 1 rings (SSSR count). The summed E-state index contributed by atoms with van der Waals surface area (Å²) in [5.41, 5.74) is 1.23. The summed E-state index contributed by atoms with van der Waals surface area (Å²) in [5, 5.41) is 0. The summed E-state index contributed by atoms with van der Waals surface area (Å²) >= 11 is 3.86. The summed E-state index contributed by atoms with van der Waals surface area (Å²) in [4.78, 5) is 10.7. The molecule has 22 heavy (non-hydrogen) atoms. The molecule has 0 heterocycles. The molecule has 0 saturated heterocycles. The second-order valence-electron chi connectivity index (χ2n) is 5.31. The first-order valence-electron chi connectivity index (χ1n) is 8.20. The molecule has 0 saturated carbocycles. The van der Waals surface area contributed by atoms with Gasteiger partial charge in [0.2, 0.25) is 0 Å². The van der Waals surface area contributed by atoms with Crippen molar-refractivity contribution in [3.8, 4) is 5.75 Å². The third-order valence-electron chi connectivity index (χ3n) is 3.25. The predicted molar refractivity (Wildman–Crippen MR) is 101 cm³/mol. The monoisotopic (exact) mass is 326 g/mol. The van der Waals surface area contributed by atoms with E-state index in [-0.39, 0.29) is 11.7 Å². The minimum Gasteiger partial charge on any atom is -0.497 e. The summed E-state index contributed by atoms with van der Waals surface area (Å²) in [5.74, 6) is 1.76. The highest BCUT2D eigenvalue weighted by atomic mass is 32.1. The lowest BCUT2D eigenvalue weighted by atomic mass is 10.1. The van der Waals surface area contributed by atoms with Crippen LogP contribution in [0.3, 0.4) is 0 Å². The zero-order valence-corrected chi connectivity index (χ0v) is 16.1. The molecule has 0 radical (unpaired) electrons. The van der Waals surface area contributed by atoms with Crippen LogP contribution in [0.25, 0.3) is 0 Å². The van der Waals surface area contributed by atoms with E-state index >= 15 is 0 Å². The molecule has 1 aromatic carbocycles. The van der Waals surface area contributed by atoms with Crippen LogP contribution < -0.4 is 4.74 Å². The molecular weight excluding hydrogens is 292 g/mol. The van der Waals surface area contributed by atoms with Crippen LogP contribution in [-0.2, 0) is 4.79 Å². The maximum atomic E-state index is 10.7. The first kappa shape index (κ1) is 23.3. The van der Waals surface area contributed by atoms with Gasteiger partial charge in [-0.1, -0.05) is 59.1 Å². The van der Waals surface area contributed by atoms with Gasteiger partial charge in [0.25, 0.3) is 0 Å². The van der Waals surface area contributed by atoms with E-state index in [0.29, 0.717) is 5.75 Å². The minimum absolute atomic E-state index is 0.201. The SMILES string of the molecule is CCC(C)C(=O)CS.CCCCC.COc1cccc(C)c1. The normalized spacial score (nSPS) is 10.5. The molecule has 0 fully saturated rings. The maximum Gasteiger partial charge on any atom is 0.145 e. The van der Waals surface area contributed by atoms with E-state index in [1.54, 1.807) is 7.11 Å². The lowest BCUT2D eigenvalue weighted by Crippen LogP contribution is -2.10. The molecule has 0 aliphatic rings. The Kier molecular flexibility index (Phi) is 17.4. The zero-order chi connectivity index (χ0) is 17.4. The van der Waals surface area contributed by atoms with E-state index in [1.165, 1.54) is 24.8 Å². The number of hydrogen-bond donors (Lipinski definition) is 1. The van der Waals surface area contributed by atoms with Gasteiger partial charge < -0.3 is 4.74 Å². The Bertz CT molecular complexity index is 375. The van der Waals surface area contributed by atoms with Crippen LogP contribution in [0.4, 0.5) is 0 Å². The van der Waals surface area contributed by atoms with Crippen molar-refractivity contribution in [2.45, 2.75) is 60.3 Å². The molecule has 0 aliphatic carbocycles. The molecule has 0 aliphatic heterocycles. The molecule has 2 nitrogen and oxygen atoms in total. The fourth-order valence-corrected chi connectivity index (χ4v) is 1.79. The molecule has 0 spiro atoms. The quantitative estimate of drug-likeness (QED) is 0.675. The van der Waals surface area contributed by atoms with Crippen molar-refractivity contribution >= 4 is 18.4 Å². The Hall–Kier alpha value is -0.960. The molecule has 1 atom stereocenters. The second-order valence-corrected chi connectivity index (χ2v) is 5.62. The van der Waals surface area contributed by atoms with Crippen LogP contribution in [0.1, 0.15) is 58.9 Å². The number of carbonyl (C=O) groups excluding carboxylic acids is 1. The molecule has 0 aromatic heterocycles. The molecule has 1 unspecified atom stereocenters. The van der Waals surface area contributed by atoms with E-state index in [9.17, 15) is 4.79 Å². The maximum absolute atomic E-state index is 10.7. The standard InChI is InChI=1S/C8H10O.C6H12OS.C5H12/c1-7-4-3-5-8(6-7)9-2;1-3-5(2)6(7)4-8;1-3-5-4-2/h3-6H,1-2H3;5,8H,3-4H2,1-2H3;3-5H2,1-2H3. The number of unbranched alkanes of at least 4 members (excludes halogenated alkanes) is 2. The lowest BCUT2D eigenvalue weighted by molar-refractivity contribution is -0.119. The number of ketones is 1. The van der Waals surface area contributed by atoms with Crippen LogP contribution in [0, 0.1) is 12.8 Å². The molecule has 1 aromatic rings. The first-order chi connectivity index (χ1) is 10.5. The Labute approximate surface area is 143 Å². The smallest absolute Gasteiger partial charge is 0.145 e. The Morgan fingerprint density at radius 3 is 2.05 bits per heavy atom. The Morgan fingerprint density at radius 1 is 1.23 bits per heavy atom. The number of hydrogen-bond acceptors (Lipinski definition) is 3. The van der Waals surface area contributed by atoms with Crippen LogP contribution in [0.5, 0.6) is 5.75 Å². The number of ether oxygens (including phenoxy) is 1. The number of aryl methyl sites for hydroxylation is 1. The van der Waals surface area contributed by atoms with Crippen molar-refractivity contribution in [2.24, 2.45) is 5.92 Å². The molecular formula is C19H34O2S. The highest BCUT2D eigenvalue weighted by Gasteiger charge is 2.06. The van der Waals surface area contributed by atoms with Crippen LogP contribution in [-0.4, -0.2) is 18.6 Å². The molecule has 0 bridgehead atoms. The number of benzene rings is 1. The van der Waals surface area contributed by atoms with Crippen molar-refractivity contribution in [1.29, 1.82) is 0 Å². The number of thiol groups is 1. The van der Waals surface area contributed by atoms with Gasteiger partial charge in [0.1, 0.15) is 11.5 Å². The Balaban J connectivity index is 0. The topological polar surface area (TPSA) is 26.3 Å². The minimum atomic E-state index is 0.201. The van der Waals surface area contributed by atoms with Crippen molar-refractivity contribution in [3.63, 3.8) is 0 Å². The molecule has 128 valence electrons. The number of carbonyl (C=O) groups is 1. The van der Waals surface area contributed by atoms with E-state index < -0.39 is 0 Å². The van der Waals surface area contributed by atoms with Gasteiger partial charge in [0.15, 0.2) is 0 Å². The van der Waals surface area contributed by atoms with E-state index in [4.69, 9.17) is 4.74 Å². The third-order valence-corrected chi connectivity index (χ3v) is 3.56. The summed E-state index contributed by atoms with van der Waals surface area (Å²) < 4.78 is 5.00. The van der Waals surface area contributed by atoms with E-state index in [2.05, 4.69) is 26.5 Å². The van der Waals surface area contributed by atoms with Gasteiger partial charge in [-0.05, 0) is 31.0 Å². The summed E-state index contributed by atoms with van der Waals surface area (Å²) in [6.07, 6.45) is 5.01. The van der Waals surface area contributed by atoms with E-state index in [1.807, 2.05) is 45.0 Å². The van der Waals surface area contributed by atoms with Crippen molar-refractivity contribution in [2.75, 3.05) is 12.9 Å². The highest BCUT2D eigenvalue weighted by molar-refractivity contribution is 7.81. The van der Waals surface area contributed by atoms with Crippen LogP contribution >= 0.6 is 12.6 Å². The molecule has 0 amide bonds. The third kappa shape index (κ3) is 14.0. The summed E-state index contributed by atoms with van der Waals surface area (Å²) in [6.45, 7) is 10.4. The lowest BCUT2D eigenvalue weighted by Gasteiger charge is -2.01. The second kappa shape index (κ2) is 16.4. The van der Waals surface area contributed by atoms with Gasteiger partial charge in [-0.2, -0.15) is 12.6 Å². The largest absolute Gasteiger partial charge is 0.497 e. The highest BCUT2D eigenvalue weighted by Crippen LogP contribution is 2.10. The average Bonchev–Trinajstić information content (AvgIpc) is 2.55. The van der Waals surface area contributed by atoms with Gasteiger partial charge in [-0.15, -0.1) is 0 Å². The van der Waals surface area contributed by atoms with Gasteiger partial charge in [-0.3, -0.25) is 4.79 Å². The zero-order valence-electron chi connectivity index (χ0n) is 15.2. The van der Waals surface area contributed by atoms with Crippen molar-refractivity contribution < 1.29 is 9.53 Å². The first-order valence-corrected chi connectivity index (χ1v) is 8.84. The van der Waals surface area contributed by atoms with Crippen molar-refractivity contribution in [3.05, 3.63) is 29.8 Å². The fraction of sp³-hybridized carbons (Fsp3) is 0.632. The van der Waals surface area contributed by atoms with Gasteiger partial charge in [0, 0.05) is 11.7 Å². The number of methoxy groups -OCH3 is 1. The van der Waals surface area contributed by atoms with Gasteiger partial charge >= 0.3 is 0 Å².